The standard InChI is InChI=1S/C17H24N2O4/c1-17(2,3)23-16(21)18-9-15(20)19-10-12-7-5-6-8-13(12)14(11-19)22-4/h5-8,14H,9-11H2,1-4H3,(H,18,21). The van der Waals surface area contributed by atoms with E-state index in [1.807, 2.05) is 24.3 Å². The Morgan fingerprint density at radius 1 is 1.30 bits per heavy atom. The largest absolute Gasteiger partial charge is 0.444 e. The Balaban J connectivity index is 1.95. The Kier molecular flexibility index (Phi) is 5.26. The van der Waals surface area contributed by atoms with Crippen LogP contribution in [0.5, 0.6) is 0 Å². The molecule has 1 aromatic rings. The van der Waals surface area contributed by atoms with Crippen molar-refractivity contribution in [2.24, 2.45) is 0 Å². The molecular weight excluding hydrogens is 296 g/mol. The van der Waals surface area contributed by atoms with Gasteiger partial charge in [-0.25, -0.2) is 4.79 Å². The minimum atomic E-state index is -0.591. The zero-order valence-corrected chi connectivity index (χ0v) is 14.1. The van der Waals surface area contributed by atoms with Gasteiger partial charge in [0.25, 0.3) is 0 Å². The summed E-state index contributed by atoms with van der Waals surface area (Å²) in [6, 6.07) is 7.91. The van der Waals surface area contributed by atoms with Gasteiger partial charge in [-0.3, -0.25) is 4.79 Å². The normalized spacial score (nSPS) is 17.4. The molecule has 6 nitrogen and oxygen atoms in total. The number of amides is 2. The summed E-state index contributed by atoms with van der Waals surface area (Å²) in [5.41, 5.74) is 1.59. The van der Waals surface area contributed by atoms with Crippen LogP contribution in [0.4, 0.5) is 4.79 Å². The number of hydrogen-bond acceptors (Lipinski definition) is 4. The zero-order valence-electron chi connectivity index (χ0n) is 14.1. The molecule has 2 rings (SSSR count). The first-order valence-corrected chi connectivity index (χ1v) is 7.65. The van der Waals surface area contributed by atoms with Gasteiger partial charge in [-0.1, -0.05) is 24.3 Å². The van der Waals surface area contributed by atoms with Gasteiger partial charge in [0.1, 0.15) is 12.1 Å². The average Bonchev–Trinajstić information content (AvgIpc) is 2.49. The minimum absolute atomic E-state index is 0.0898. The van der Waals surface area contributed by atoms with Gasteiger partial charge in [0, 0.05) is 13.7 Å². The Hall–Kier alpha value is -2.08. The molecule has 0 saturated heterocycles. The van der Waals surface area contributed by atoms with Gasteiger partial charge in [0.05, 0.1) is 12.6 Å². The minimum Gasteiger partial charge on any atom is -0.444 e. The molecule has 0 spiro atoms. The summed E-state index contributed by atoms with van der Waals surface area (Å²) in [4.78, 5) is 25.7. The fraction of sp³-hybridized carbons (Fsp3) is 0.529. The van der Waals surface area contributed by atoms with E-state index >= 15 is 0 Å². The molecule has 1 unspecified atom stereocenters. The van der Waals surface area contributed by atoms with Crippen LogP contribution in [0.1, 0.15) is 38.0 Å². The van der Waals surface area contributed by atoms with Crippen molar-refractivity contribution in [2.75, 3.05) is 20.2 Å². The van der Waals surface area contributed by atoms with Crippen molar-refractivity contribution < 1.29 is 19.1 Å². The second kappa shape index (κ2) is 7.00. The van der Waals surface area contributed by atoms with Gasteiger partial charge in [-0.05, 0) is 31.9 Å². The lowest BCUT2D eigenvalue weighted by Crippen LogP contribution is -2.45. The van der Waals surface area contributed by atoms with Gasteiger partial charge in [-0.15, -0.1) is 0 Å². The van der Waals surface area contributed by atoms with Crippen LogP contribution >= 0.6 is 0 Å². The zero-order chi connectivity index (χ0) is 17.0. The number of rotatable bonds is 3. The topological polar surface area (TPSA) is 67.9 Å². The van der Waals surface area contributed by atoms with Gasteiger partial charge in [0.15, 0.2) is 0 Å². The maximum absolute atomic E-state index is 12.3. The Morgan fingerprint density at radius 2 is 2.00 bits per heavy atom. The number of ether oxygens (including phenoxy) is 2. The quantitative estimate of drug-likeness (QED) is 0.927. The number of fused-ring (bicyclic) bond motifs is 1. The third-order valence-electron chi connectivity index (χ3n) is 3.57. The van der Waals surface area contributed by atoms with E-state index in [2.05, 4.69) is 5.32 Å². The summed E-state index contributed by atoms with van der Waals surface area (Å²) < 4.78 is 10.6. The van der Waals surface area contributed by atoms with Crippen molar-refractivity contribution in [2.45, 2.75) is 39.0 Å². The summed E-state index contributed by atoms with van der Waals surface area (Å²) in [6.45, 7) is 6.23. The number of benzene rings is 1. The fourth-order valence-corrected chi connectivity index (χ4v) is 2.53. The highest BCUT2D eigenvalue weighted by molar-refractivity contribution is 5.82. The first-order valence-electron chi connectivity index (χ1n) is 7.65. The van der Waals surface area contributed by atoms with Crippen LogP contribution in [-0.4, -0.2) is 42.7 Å². The highest BCUT2D eigenvalue weighted by Crippen LogP contribution is 2.28. The molecule has 2 amide bonds. The molecule has 1 aromatic carbocycles. The predicted octanol–water partition coefficient (Wildman–Crippen LogP) is 2.24. The van der Waals surface area contributed by atoms with E-state index < -0.39 is 11.7 Å². The SMILES string of the molecule is COC1CN(C(=O)CNC(=O)OC(C)(C)C)Cc2ccccc21. The van der Waals surface area contributed by atoms with Crippen molar-refractivity contribution in [3.8, 4) is 0 Å². The molecule has 6 heteroatoms. The number of alkyl carbamates (subject to hydrolysis) is 1. The maximum atomic E-state index is 12.3. The number of carbonyl (C=O) groups is 2. The molecule has 0 bridgehead atoms. The van der Waals surface area contributed by atoms with Crippen molar-refractivity contribution in [1.29, 1.82) is 0 Å². The van der Waals surface area contributed by atoms with E-state index in [-0.39, 0.29) is 18.6 Å². The summed E-state index contributed by atoms with van der Waals surface area (Å²) >= 11 is 0. The second-order valence-corrected chi connectivity index (χ2v) is 6.55. The molecular formula is C17H24N2O4. The molecule has 0 radical (unpaired) electrons. The summed E-state index contributed by atoms with van der Waals surface area (Å²) in [6.07, 6.45) is -0.739. The van der Waals surface area contributed by atoms with Crippen molar-refractivity contribution in [3.05, 3.63) is 35.4 Å². The first-order chi connectivity index (χ1) is 10.8. The molecule has 0 saturated carbocycles. The average molecular weight is 320 g/mol. The van der Waals surface area contributed by atoms with E-state index in [4.69, 9.17) is 9.47 Å². The van der Waals surface area contributed by atoms with E-state index in [1.165, 1.54) is 0 Å². The Morgan fingerprint density at radius 3 is 2.65 bits per heavy atom. The number of methoxy groups -OCH3 is 1. The molecule has 126 valence electrons. The van der Waals surface area contributed by atoms with E-state index in [0.29, 0.717) is 13.1 Å². The number of carbonyl (C=O) groups excluding carboxylic acids is 2. The number of nitrogens with one attached hydrogen (secondary N) is 1. The molecule has 0 fully saturated rings. The Labute approximate surface area is 136 Å². The van der Waals surface area contributed by atoms with Crippen LogP contribution in [0, 0.1) is 0 Å². The molecule has 1 aliphatic rings. The molecule has 1 N–H and O–H groups in total. The highest BCUT2D eigenvalue weighted by Gasteiger charge is 2.28. The lowest BCUT2D eigenvalue weighted by molar-refractivity contribution is -0.133. The highest BCUT2D eigenvalue weighted by atomic mass is 16.6. The molecule has 23 heavy (non-hydrogen) atoms. The smallest absolute Gasteiger partial charge is 0.408 e. The molecule has 1 atom stereocenters. The van der Waals surface area contributed by atoms with Crippen LogP contribution < -0.4 is 5.32 Å². The molecule has 1 aliphatic heterocycles. The maximum Gasteiger partial charge on any atom is 0.408 e. The number of nitrogens with zero attached hydrogens (tertiary/aromatic N) is 1. The summed E-state index contributed by atoms with van der Waals surface area (Å²) in [5, 5.41) is 2.50. The van der Waals surface area contributed by atoms with Crippen LogP contribution in [0.3, 0.4) is 0 Å². The van der Waals surface area contributed by atoms with Crippen LogP contribution in [-0.2, 0) is 20.8 Å². The Bertz CT molecular complexity index is 580. The lowest BCUT2D eigenvalue weighted by Gasteiger charge is -2.34. The number of hydrogen-bond donors (Lipinski definition) is 1. The summed E-state index contributed by atoms with van der Waals surface area (Å²) in [5.74, 6) is -0.160. The lowest BCUT2D eigenvalue weighted by atomic mass is 9.97. The van der Waals surface area contributed by atoms with Crippen molar-refractivity contribution in [1.82, 2.24) is 10.2 Å². The van der Waals surface area contributed by atoms with Gasteiger partial charge in [0.2, 0.25) is 5.91 Å². The second-order valence-electron chi connectivity index (χ2n) is 6.55. The summed E-state index contributed by atoms with van der Waals surface area (Å²) in [7, 11) is 1.63. The van der Waals surface area contributed by atoms with Gasteiger partial charge < -0.3 is 19.7 Å². The fourth-order valence-electron chi connectivity index (χ4n) is 2.53. The van der Waals surface area contributed by atoms with Crippen LogP contribution in [0.25, 0.3) is 0 Å². The third kappa shape index (κ3) is 4.69. The van der Waals surface area contributed by atoms with Crippen molar-refractivity contribution in [3.63, 3.8) is 0 Å². The van der Waals surface area contributed by atoms with E-state index in [9.17, 15) is 9.59 Å². The van der Waals surface area contributed by atoms with E-state index in [0.717, 1.165) is 11.1 Å². The van der Waals surface area contributed by atoms with Crippen LogP contribution in [0.15, 0.2) is 24.3 Å². The van der Waals surface area contributed by atoms with Gasteiger partial charge >= 0.3 is 6.09 Å². The monoisotopic (exact) mass is 320 g/mol. The first kappa shape index (κ1) is 17.3. The predicted molar refractivity (Wildman–Crippen MR) is 85.8 cm³/mol. The van der Waals surface area contributed by atoms with E-state index in [1.54, 1.807) is 32.8 Å². The van der Waals surface area contributed by atoms with Crippen molar-refractivity contribution >= 4 is 12.0 Å². The third-order valence-corrected chi connectivity index (χ3v) is 3.57. The molecule has 0 aromatic heterocycles. The molecule has 0 aliphatic carbocycles. The van der Waals surface area contributed by atoms with Gasteiger partial charge in [-0.2, -0.15) is 0 Å². The molecule has 1 heterocycles. The van der Waals surface area contributed by atoms with Crippen LogP contribution in [0.2, 0.25) is 0 Å².